The minimum Gasteiger partial charge on any atom is -0.447 e. The van der Waals surface area contributed by atoms with Crippen LogP contribution in [0.4, 0.5) is 4.79 Å². The standard InChI is InChI=1S/C21H24Cl2O4.C21H27NO5/c1-4-20(2,3)19(25)26-17-16(14-9-8-13(22)12-15(14)23)18(24)27-21(17)10-6-5-7-11-21;1-5-26-20(24)27-18-17(16-12-13(2)6-7-14(16)3)19(23)22-21(18)10-8-15(25-4)9-11-21/h8-9,12H,4-7,10-11H2,1-3H3;6-7,12,15H,5,8-11H2,1-4H3,(H,22,23)/t;15-,21+. The summed E-state index contributed by atoms with van der Waals surface area (Å²) in [5.41, 5.74) is 1.69. The summed E-state index contributed by atoms with van der Waals surface area (Å²) in [6.07, 6.45) is 7.04. The molecule has 0 radical (unpaired) electrons. The molecular weight excluding hydrogens is 733 g/mol. The third kappa shape index (κ3) is 8.51. The molecule has 2 aromatic carbocycles. The number of methoxy groups -OCH3 is 1. The van der Waals surface area contributed by atoms with Crippen molar-refractivity contribution < 1.29 is 42.9 Å². The van der Waals surface area contributed by atoms with E-state index in [0.717, 1.165) is 48.8 Å². The number of ether oxygens (including phenoxy) is 5. The van der Waals surface area contributed by atoms with Gasteiger partial charge in [-0.1, -0.05) is 66.4 Å². The molecule has 2 fully saturated rings. The maximum Gasteiger partial charge on any atom is 0.513 e. The molecule has 54 heavy (non-hydrogen) atoms. The van der Waals surface area contributed by atoms with Gasteiger partial charge in [0.1, 0.15) is 11.3 Å². The van der Waals surface area contributed by atoms with Crippen LogP contribution >= 0.6 is 23.2 Å². The Kier molecular flexibility index (Phi) is 12.9. The number of hydrogen-bond acceptors (Lipinski definition) is 9. The summed E-state index contributed by atoms with van der Waals surface area (Å²) in [4.78, 5) is 50.8. The minimum absolute atomic E-state index is 0.154. The lowest BCUT2D eigenvalue weighted by Crippen LogP contribution is -2.49. The summed E-state index contributed by atoms with van der Waals surface area (Å²) >= 11 is 12.4. The maximum absolute atomic E-state index is 13.0. The van der Waals surface area contributed by atoms with Gasteiger partial charge in [0, 0.05) is 17.7 Å². The Labute approximate surface area is 327 Å². The molecule has 4 aliphatic rings. The van der Waals surface area contributed by atoms with Crippen LogP contribution in [0.5, 0.6) is 0 Å². The average molecular weight is 785 g/mol. The van der Waals surface area contributed by atoms with Crippen molar-refractivity contribution in [2.75, 3.05) is 13.7 Å². The van der Waals surface area contributed by atoms with E-state index in [0.29, 0.717) is 64.8 Å². The van der Waals surface area contributed by atoms with Crippen LogP contribution in [-0.4, -0.2) is 55.0 Å². The van der Waals surface area contributed by atoms with Crippen molar-refractivity contribution in [2.24, 2.45) is 5.41 Å². The quantitative estimate of drug-likeness (QED) is 0.206. The van der Waals surface area contributed by atoms with Crippen molar-refractivity contribution in [3.63, 3.8) is 0 Å². The molecule has 2 aromatic rings. The van der Waals surface area contributed by atoms with Crippen LogP contribution in [-0.2, 0) is 38.1 Å². The number of rotatable bonds is 8. The molecule has 1 N–H and O–H groups in total. The summed E-state index contributed by atoms with van der Waals surface area (Å²) in [5.74, 6) is -0.389. The van der Waals surface area contributed by atoms with E-state index < -0.39 is 28.7 Å². The summed E-state index contributed by atoms with van der Waals surface area (Å²) in [7, 11) is 1.70. The van der Waals surface area contributed by atoms with Crippen molar-refractivity contribution in [1.29, 1.82) is 0 Å². The SMILES string of the molecule is CCC(C)(C)C(=O)OC1=C(c2ccc(Cl)cc2Cl)C(=O)OC12CCCCC2.CCOC(=O)OC1=C(c2cc(C)ccc2C)C(=O)N[C@]12CC[C@@H](OC)CC2. The molecule has 2 heterocycles. The number of hydrogen-bond donors (Lipinski definition) is 1. The van der Waals surface area contributed by atoms with Gasteiger partial charge in [0.25, 0.3) is 5.91 Å². The van der Waals surface area contributed by atoms with Crippen molar-refractivity contribution in [1.82, 2.24) is 5.32 Å². The molecule has 0 aromatic heterocycles. The zero-order valence-corrected chi connectivity index (χ0v) is 33.8. The molecule has 0 unspecified atom stereocenters. The Bertz CT molecular complexity index is 1850. The van der Waals surface area contributed by atoms with Gasteiger partial charge in [0.15, 0.2) is 11.4 Å². The third-order valence-electron chi connectivity index (χ3n) is 11.1. The normalized spacial score (nSPS) is 22.1. The van der Waals surface area contributed by atoms with Crippen LogP contribution in [0.15, 0.2) is 47.9 Å². The first kappa shape index (κ1) is 41.3. The lowest BCUT2D eigenvalue weighted by molar-refractivity contribution is -0.160. The maximum atomic E-state index is 13.0. The first-order valence-electron chi connectivity index (χ1n) is 18.8. The molecule has 2 spiro atoms. The first-order valence-corrected chi connectivity index (χ1v) is 19.5. The number of esters is 2. The van der Waals surface area contributed by atoms with Crippen LogP contribution in [0.2, 0.25) is 10.0 Å². The highest BCUT2D eigenvalue weighted by molar-refractivity contribution is 6.37. The minimum atomic E-state index is -0.882. The predicted molar refractivity (Wildman–Crippen MR) is 207 cm³/mol. The highest BCUT2D eigenvalue weighted by atomic mass is 35.5. The van der Waals surface area contributed by atoms with E-state index in [1.807, 2.05) is 52.8 Å². The van der Waals surface area contributed by atoms with Crippen LogP contribution < -0.4 is 5.32 Å². The van der Waals surface area contributed by atoms with Gasteiger partial charge in [0.2, 0.25) is 0 Å². The number of amides is 1. The fourth-order valence-corrected chi connectivity index (χ4v) is 7.97. The molecule has 2 saturated carbocycles. The van der Waals surface area contributed by atoms with Crippen molar-refractivity contribution in [2.45, 2.75) is 123 Å². The van der Waals surface area contributed by atoms with Crippen LogP contribution in [0.1, 0.15) is 114 Å². The van der Waals surface area contributed by atoms with E-state index in [2.05, 4.69) is 5.32 Å². The largest absolute Gasteiger partial charge is 0.513 e. The van der Waals surface area contributed by atoms with Crippen molar-refractivity contribution in [3.8, 4) is 0 Å². The van der Waals surface area contributed by atoms with E-state index >= 15 is 0 Å². The monoisotopic (exact) mass is 783 g/mol. The number of aryl methyl sites for hydroxylation is 2. The molecule has 6 rings (SSSR count). The summed E-state index contributed by atoms with van der Waals surface area (Å²) in [6.45, 7) is 11.4. The Balaban J connectivity index is 0.000000208. The Morgan fingerprint density at radius 1 is 0.889 bits per heavy atom. The number of nitrogens with one attached hydrogen (secondary N) is 1. The highest BCUT2D eigenvalue weighted by Crippen LogP contribution is 2.49. The second-order valence-electron chi connectivity index (χ2n) is 15.2. The van der Waals surface area contributed by atoms with E-state index in [1.165, 1.54) is 0 Å². The molecule has 10 nitrogen and oxygen atoms in total. The highest BCUT2D eigenvalue weighted by Gasteiger charge is 2.53. The van der Waals surface area contributed by atoms with E-state index in [-0.39, 0.29) is 30.2 Å². The lowest BCUT2D eigenvalue weighted by atomic mass is 9.79. The van der Waals surface area contributed by atoms with Gasteiger partial charge in [-0.3, -0.25) is 9.59 Å². The Morgan fingerprint density at radius 2 is 1.57 bits per heavy atom. The van der Waals surface area contributed by atoms with Crippen molar-refractivity contribution >= 4 is 58.3 Å². The Morgan fingerprint density at radius 3 is 2.19 bits per heavy atom. The molecule has 2 aliphatic heterocycles. The molecule has 1 amide bonds. The number of carbonyl (C=O) groups is 4. The van der Waals surface area contributed by atoms with Crippen LogP contribution in [0.25, 0.3) is 11.1 Å². The third-order valence-corrected chi connectivity index (χ3v) is 11.6. The summed E-state index contributed by atoms with van der Waals surface area (Å²) < 4.78 is 27.8. The van der Waals surface area contributed by atoms with E-state index in [9.17, 15) is 19.2 Å². The van der Waals surface area contributed by atoms with E-state index in [1.54, 1.807) is 32.2 Å². The van der Waals surface area contributed by atoms with Crippen LogP contribution in [0, 0.1) is 19.3 Å². The second kappa shape index (κ2) is 16.9. The summed E-state index contributed by atoms with van der Waals surface area (Å²) in [5, 5.41) is 3.90. The van der Waals surface area contributed by atoms with Crippen LogP contribution in [0.3, 0.4) is 0 Å². The molecular formula is C42H51Cl2NO9. The van der Waals surface area contributed by atoms with Gasteiger partial charge in [-0.25, -0.2) is 9.59 Å². The van der Waals surface area contributed by atoms with Gasteiger partial charge in [-0.05, 0) is 116 Å². The molecule has 12 heteroatoms. The van der Waals surface area contributed by atoms with Gasteiger partial charge in [-0.2, -0.15) is 0 Å². The first-order chi connectivity index (χ1) is 25.6. The van der Waals surface area contributed by atoms with Gasteiger partial charge in [-0.15, -0.1) is 0 Å². The predicted octanol–water partition coefficient (Wildman–Crippen LogP) is 9.59. The van der Waals surface area contributed by atoms with Gasteiger partial charge in [0.05, 0.1) is 34.3 Å². The molecule has 0 atom stereocenters. The average Bonchev–Trinajstić information content (AvgIpc) is 3.54. The second-order valence-corrected chi connectivity index (χ2v) is 16.0. The van der Waals surface area contributed by atoms with Crippen molar-refractivity contribution in [3.05, 3.63) is 80.2 Å². The fraction of sp³-hybridized carbons (Fsp3) is 0.524. The zero-order chi connectivity index (χ0) is 39.4. The van der Waals surface area contributed by atoms with E-state index in [4.69, 9.17) is 46.9 Å². The molecule has 292 valence electrons. The fourth-order valence-electron chi connectivity index (χ4n) is 7.47. The molecule has 0 saturated heterocycles. The molecule has 0 bridgehead atoms. The topological polar surface area (TPSA) is 126 Å². The number of halogens is 2. The van der Waals surface area contributed by atoms with Gasteiger partial charge < -0.3 is 29.0 Å². The molecule has 2 aliphatic carbocycles. The smallest absolute Gasteiger partial charge is 0.447 e. The number of carbonyl (C=O) groups excluding carboxylic acids is 4. The lowest BCUT2D eigenvalue weighted by Gasteiger charge is -2.37. The van der Waals surface area contributed by atoms with Gasteiger partial charge >= 0.3 is 18.1 Å². The number of benzene rings is 2. The summed E-state index contributed by atoms with van der Waals surface area (Å²) in [6, 6.07) is 10.8. The Hall–Kier alpha value is -3.86. The zero-order valence-electron chi connectivity index (χ0n) is 32.2.